The maximum Gasteiger partial charge on any atom is 0.0617 e. The van der Waals surface area contributed by atoms with Crippen molar-refractivity contribution in [1.82, 2.24) is 0 Å². The number of hydrogen-bond donors (Lipinski definition) is 2. The molecule has 38 heavy (non-hydrogen) atoms. The predicted molar refractivity (Wildman–Crippen MR) is 164 cm³/mol. The molecule has 0 atom stereocenters. The van der Waals surface area contributed by atoms with Gasteiger partial charge in [-0.15, -0.1) is 0 Å². The Hall–Kier alpha value is -5.08. The van der Waals surface area contributed by atoms with Crippen molar-refractivity contribution in [1.29, 1.82) is 0 Å². The van der Waals surface area contributed by atoms with Gasteiger partial charge in [0.05, 0.1) is 11.4 Å². The normalized spacial score (nSPS) is 11.3. The van der Waals surface area contributed by atoms with Gasteiger partial charge in [-0.1, -0.05) is 109 Å². The fourth-order valence-electron chi connectivity index (χ4n) is 5.58. The minimum absolute atomic E-state index is 0.734. The summed E-state index contributed by atoms with van der Waals surface area (Å²) in [5.41, 5.74) is 13.8. The number of nitrogen functional groups attached to an aromatic ring is 1. The molecule has 0 aliphatic carbocycles. The molecule has 7 rings (SSSR count). The van der Waals surface area contributed by atoms with Gasteiger partial charge in [0.2, 0.25) is 0 Å². The Morgan fingerprint density at radius 1 is 0.421 bits per heavy atom. The molecule has 0 heterocycles. The van der Waals surface area contributed by atoms with Crippen molar-refractivity contribution in [2.45, 2.75) is 0 Å². The highest BCUT2D eigenvalue weighted by atomic mass is 14.9. The summed E-state index contributed by atoms with van der Waals surface area (Å²) in [6.45, 7) is 0. The number of fused-ring (bicyclic) bond motifs is 3. The maximum atomic E-state index is 6.14. The highest BCUT2D eigenvalue weighted by molar-refractivity contribution is 6.21. The summed E-state index contributed by atoms with van der Waals surface area (Å²) in [7, 11) is 0. The number of rotatable bonds is 4. The Morgan fingerprint density at radius 2 is 0.921 bits per heavy atom. The van der Waals surface area contributed by atoms with Crippen LogP contribution in [0.4, 0.5) is 17.1 Å². The second kappa shape index (κ2) is 9.10. The van der Waals surface area contributed by atoms with E-state index in [9.17, 15) is 0 Å². The molecule has 0 aliphatic heterocycles. The van der Waals surface area contributed by atoms with Gasteiger partial charge in [0.1, 0.15) is 0 Å². The van der Waals surface area contributed by atoms with E-state index < -0.39 is 0 Å². The van der Waals surface area contributed by atoms with E-state index in [-0.39, 0.29) is 0 Å². The van der Waals surface area contributed by atoms with E-state index in [0.29, 0.717) is 0 Å². The zero-order valence-electron chi connectivity index (χ0n) is 20.9. The average Bonchev–Trinajstić information content (AvgIpc) is 2.97. The molecule has 7 aromatic carbocycles. The summed E-state index contributed by atoms with van der Waals surface area (Å²) in [5, 5.41) is 11.0. The van der Waals surface area contributed by atoms with Gasteiger partial charge in [0, 0.05) is 5.69 Å². The average molecular weight is 487 g/mol. The first-order valence-electron chi connectivity index (χ1n) is 12.9. The first-order valence-corrected chi connectivity index (χ1v) is 12.9. The fraction of sp³-hybridized carbons (Fsp3) is 0. The van der Waals surface area contributed by atoms with E-state index in [1.807, 2.05) is 24.3 Å². The van der Waals surface area contributed by atoms with E-state index in [1.165, 1.54) is 54.6 Å². The van der Waals surface area contributed by atoms with Crippen molar-refractivity contribution in [3.63, 3.8) is 0 Å². The molecule has 0 saturated heterocycles. The van der Waals surface area contributed by atoms with E-state index in [4.69, 9.17) is 5.73 Å². The number of para-hydroxylation sites is 2. The van der Waals surface area contributed by atoms with Crippen molar-refractivity contribution in [3.8, 4) is 22.3 Å². The zero-order chi connectivity index (χ0) is 25.5. The lowest BCUT2D eigenvalue weighted by Gasteiger charge is -2.18. The zero-order valence-corrected chi connectivity index (χ0v) is 20.9. The van der Waals surface area contributed by atoms with Gasteiger partial charge in [0.25, 0.3) is 0 Å². The topological polar surface area (TPSA) is 38.0 Å². The molecule has 7 aromatic rings. The quantitative estimate of drug-likeness (QED) is 0.192. The third kappa shape index (κ3) is 3.75. The third-order valence-corrected chi connectivity index (χ3v) is 7.38. The van der Waals surface area contributed by atoms with Crippen molar-refractivity contribution >= 4 is 49.4 Å². The van der Waals surface area contributed by atoms with Gasteiger partial charge >= 0.3 is 0 Å². The summed E-state index contributed by atoms with van der Waals surface area (Å²) in [6, 6.07) is 49.4. The van der Waals surface area contributed by atoms with Crippen LogP contribution in [0.25, 0.3) is 54.6 Å². The van der Waals surface area contributed by atoms with Gasteiger partial charge in [-0.25, -0.2) is 0 Å². The predicted octanol–water partition coefficient (Wildman–Crippen LogP) is 9.81. The number of benzene rings is 7. The largest absolute Gasteiger partial charge is 0.397 e. The number of anilines is 3. The molecule has 3 N–H and O–H groups in total. The molecule has 0 saturated carbocycles. The number of hydrogen-bond acceptors (Lipinski definition) is 2. The number of nitrogens with one attached hydrogen (secondary N) is 1. The van der Waals surface area contributed by atoms with Crippen LogP contribution < -0.4 is 11.1 Å². The van der Waals surface area contributed by atoms with Crippen molar-refractivity contribution in [2.24, 2.45) is 0 Å². The third-order valence-electron chi connectivity index (χ3n) is 7.38. The first kappa shape index (κ1) is 22.1. The number of nitrogens with two attached hydrogens (primary N) is 1. The Balaban J connectivity index is 1.43. The van der Waals surface area contributed by atoms with E-state index in [2.05, 4.69) is 121 Å². The molecule has 0 aromatic heterocycles. The minimum atomic E-state index is 0.734. The van der Waals surface area contributed by atoms with E-state index in [1.54, 1.807) is 0 Å². The molecule has 0 radical (unpaired) electrons. The Labute approximate surface area is 222 Å². The fourth-order valence-corrected chi connectivity index (χ4v) is 5.58. The minimum Gasteiger partial charge on any atom is -0.397 e. The Bertz CT molecular complexity index is 1890. The summed E-state index contributed by atoms with van der Waals surface area (Å²) in [5.74, 6) is 0. The van der Waals surface area contributed by atoms with Crippen LogP contribution >= 0.6 is 0 Å². The molecule has 2 heteroatoms. The van der Waals surface area contributed by atoms with Crippen LogP contribution in [0.5, 0.6) is 0 Å². The monoisotopic (exact) mass is 486 g/mol. The van der Waals surface area contributed by atoms with Crippen LogP contribution in [-0.4, -0.2) is 0 Å². The van der Waals surface area contributed by atoms with Crippen molar-refractivity contribution in [2.75, 3.05) is 11.1 Å². The summed E-state index contributed by atoms with van der Waals surface area (Å²) < 4.78 is 0. The molecule has 0 spiro atoms. The Kier molecular flexibility index (Phi) is 5.30. The second-order valence-corrected chi connectivity index (χ2v) is 9.69. The van der Waals surface area contributed by atoms with Crippen LogP contribution in [0.1, 0.15) is 0 Å². The maximum absolute atomic E-state index is 6.14. The van der Waals surface area contributed by atoms with E-state index in [0.717, 1.165) is 17.1 Å². The van der Waals surface area contributed by atoms with Crippen LogP contribution in [0, 0.1) is 0 Å². The van der Waals surface area contributed by atoms with Crippen LogP contribution in [-0.2, 0) is 0 Å². The molecular formula is C36H26N2. The van der Waals surface area contributed by atoms with Gasteiger partial charge in [-0.3, -0.25) is 0 Å². The van der Waals surface area contributed by atoms with Gasteiger partial charge in [0.15, 0.2) is 0 Å². The van der Waals surface area contributed by atoms with Crippen LogP contribution in [0.15, 0.2) is 140 Å². The summed E-state index contributed by atoms with van der Waals surface area (Å²) >= 11 is 0. The second-order valence-electron chi connectivity index (χ2n) is 9.69. The molecule has 180 valence electrons. The lowest BCUT2D eigenvalue weighted by molar-refractivity contribution is 1.54. The lowest BCUT2D eigenvalue weighted by atomic mass is 9.85. The molecule has 0 bridgehead atoms. The standard InChI is InChI=1S/C36H26N2/c37-33-15-7-8-16-34(33)38-28-21-19-25(20-22-28)35-29-11-3-5-13-31(29)36(32-14-6-4-12-30(32)35)27-18-17-24-9-1-2-10-26(24)23-27/h1-23,38H,37H2. The molecule has 0 fully saturated rings. The van der Waals surface area contributed by atoms with Gasteiger partial charge < -0.3 is 11.1 Å². The highest BCUT2D eigenvalue weighted by Crippen LogP contribution is 2.44. The Morgan fingerprint density at radius 3 is 1.55 bits per heavy atom. The van der Waals surface area contributed by atoms with Crippen molar-refractivity contribution < 1.29 is 0 Å². The van der Waals surface area contributed by atoms with Gasteiger partial charge in [-0.05, 0) is 84.9 Å². The SMILES string of the molecule is Nc1ccccc1Nc1ccc(-c2c3ccccc3c(-c3ccc4ccccc4c3)c3ccccc23)cc1. The van der Waals surface area contributed by atoms with Crippen LogP contribution in [0.2, 0.25) is 0 Å². The molecule has 0 aliphatic rings. The summed E-state index contributed by atoms with van der Waals surface area (Å²) in [6.07, 6.45) is 0. The molecular weight excluding hydrogens is 460 g/mol. The van der Waals surface area contributed by atoms with Crippen molar-refractivity contribution in [3.05, 3.63) is 140 Å². The first-order chi connectivity index (χ1) is 18.8. The van der Waals surface area contributed by atoms with Gasteiger partial charge in [-0.2, -0.15) is 0 Å². The smallest absolute Gasteiger partial charge is 0.0617 e. The molecule has 2 nitrogen and oxygen atoms in total. The lowest BCUT2D eigenvalue weighted by Crippen LogP contribution is -1.95. The van der Waals surface area contributed by atoms with Crippen LogP contribution in [0.3, 0.4) is 0 Å². The molecule has 0 unspecified atom stereocenters. The summed E-state index contributed by atoms with van der Waals surface area (Å²) in [4.78, 5) is 0. The van der Waals surface area contributed by atoms with E-state index >= 15 is 0 Å². The molecule has 0 amide bonds. The highest BCUT2D eigenvalue weighted by Gasteiger charge is 2.16.